The molecule has 0 saturated heterocycles. The summed E-state index contributed by atoms with van der Waals surface area (Å²) in [5, 5.41) is 0.974. The van der Waals surface area contributed by atoms with Crippen molar-refractivity contribution >= 4 is 39.6 Å². The van der Waals surface area contributed by atoms with Crippen molar-refractivity contribution < 1.29 is 23.8 Å². The SMILES string of the molecule is CCCOCc1nc2c(N)nc3ccccc3c2n1CCCN(Cc1cccc(OC(C)(C)C(=O)OC)c1)C(=O)CN(CC)CC. The minimum atomic E-state index is -1.15. The average molecular weight is 633 g/mol. The van der Waals surface area contributed by atoms with Crippen molar-refractivity contribution in [2.45, 2.75) is 72.8 Å². The Bertz CT molecular complexity index is 1630. The van der Waals surface area contributed by atoms with Gasteiger partial charge in [-0.05, 0) is 63.5 Å². The molecule has 11 nitrogen and oxygen atoms in total. The number of amides is 1. The number of imidazole rings is 1. The van der Waals surface area contributed by atoms with E-state index in [9.17, 15) is 9.59 Å². The summed E-state index contributed by atoms with van der Waals surface area (Å²) in [6.07, 6.45) is 1.58. The van der Waals surface area contributed by atoms with Crippen LogP contribution in [0.25, 0.3) is 21.9 Å². The molecular formula is C35H48N6O5. The number of nitrogen functional groups attached to an aromatic ring is 1. The number of nitrogens with two attached hydrogens (primary N) is 1. The number of nitrogens with zero attached hydrogens (tertiary/aromatic N) is 5. The number of ether oxygens (including phenoxy) is 3. The van der Waals surface area contributed by atoms with Gasteiger partial charge >= 0.3 is 5.97 Å². The Balaban J connectivity index is 1.61. The normalized spacial score (nSPS) is 11.8. The van der Waals surface area contributed by atoms with Gasteiger partial charge in [0.1, 0.15) is 23.7 Å². The van der Waals surface area contributed by atoms with Gasteiger partial charge in [0, 0.05) is 31.6 Å². The number of rotatable bonds is 17. The van der Waals surface area contributed by atoms with E-state index in [4.69, 9.17) is 24.9 Å². The van der Waals surface area contributed by atoms with Gasteiger partial charge in [0.15, 0.2) is 11.4 Å². The molecule has 0 spiro atoms. The topological polar surface area (TPSA) is 125 Å². The van der Waals surface area contributed by atoms with E-state index in [2.05, 4.69) is 35.2 Å². The quantitative estimate of drug-likeness (QED) is 0.124. The summed E-state index contributed by atoms with van der Waals surface area (Å²) in [7, 11) is 1.34. The van der Waals surface area contributed by atoms with E-state index >= 15 is 0 Å². The number of benzene rings is 2. The molecule has 0 atom stereocenters. The number of aryl methyl sites for hydroxylation is 1. The van der Waals surface area contributed by atoms with Gasteiger partial charge in [-0.25, -0.2) is 14.8 Å². The van der Waals surface area contributed by atoms with Gasteiger partial charge in [0.2, 0.25) is 5.91 Å². The molecule has 248 valence electrons. The second-order valence-electron chi connectivity index (χ2n) is 11.8. The summed E-state index contributed by atoms with van der Waals surface area (Å²) < 4.78 is 19.0. The first kappa shape index (κ1) is 34.6. The first-order chi connectivity index (χ1) is 22.1. The van der Waals surface area contributed by atoms with E-state index in [0.29, 0.717) is 62.9 Å². The summed E-state index contributed by atoms with van der Waals surface area (Å²) in [5.74, 6) is 1.28. The number of likely N-dealkylation sites (N-methyl/N-ethyl adjacent to an activating group) is 1. The van der Waals surface area contributed by atoms with Crippen LogP contribution in [0.15, 0.2) is 48.5 Å². The molecule has 0 aliphatic carbocycles. The van der Waals surface area contributed by atoms with Crippen LogP contribution in [0.3, 0.4) is 0 Å². The lowest BCUT2D eigenvalue weighted by Gasteiger charge is -2.27. The van der Waals surface area contributed by atoms with Crippen molar-refractivity contribution in [2.24, 2.45) is 0 Å². The van der Waals surface area contributed by atoms with Crippen molar-refractivity contribution in [2.75, 3.05) is 45.6 Å². The molecule has 0 saturated carbocycles. The smallest absolute Gasteiger partial charge is 0.349 e. The van der Waals surface area contributed by atoms with Gasteiger partial charge in [-0.1, -0.05) is 51.1 Å². The van der Waals surface area contributed by atoms with Crippen LogP contribution in [0.1, 0.15) is 58.8 Å². The molecule has 2 heterocycles. The third kappa shape index (κ3) is 8.32. The molecule has 2 aromatic heterocycles. The van der Waals surface area contributed by atoms with Crippen molar-refractivity contribution in [1.29, 1.82) is 0 Å². The number of fused-ring (bicyclic) bond motifs is 3. The zero-order valence-corrected chi connectivity index (χ0v) is 28.0. The largest absolute Gasteiger partial charge is 0.476 e. The second-order valence-corrected chi connectivity index (χ2v) is 11.8. The fourth-order valence-corrected chi connectivity index (χ4v) is 5.52. The maximum Gasteiger partial charge on any atom is 0.349 e. The molecule has 0 aliphatic heterocycles. The van der Waals surface area contributed by atoms with E-state index in [-0.39, 0.29) is 5.91 Å². The third-order valence-corrected chi connectivity index (χ3v) is 8.01. The molecule has 11 heteroatoms. The van der Waals surface area contributed by atoms with Crippen LogP contribution >= 0.6 is 0 Å². The highest BCUT2D eigenvalue weighted by molar-refractivity contribution is 6.06. The van der Waals surface area contributed by atoms with Gasteiger partial charge in [-0.3, -0.25) is 9.69 Å². The predicted octanol–water partition coefficient (Wildman–Crippen LogP) is 5.18. The number of para-hydroxylation sites is 1. The molecule has 0 bridgehead atoms. The number of esters is 1. The van der Waals surface area contributed by atoms with Gasteiger partial charge in [0.05, 0.1) is 24.7 Å². The Hall–Kier alpha value is -4.22. The Labute approximate surface area is 271 Å². The zero-order valence-electron chi connectivity index (χ0n) is 28.0. The van der Waals surface area contributed by atoms with Crippen LogP contribution in [0.4, 0.5) is 5.82 Å². The van der Waals surface area contributed by atoms with E-state index in [1.807, 2.05) is 47.4 Å². The minimum absolute atomic E-state index is 0.0470. The Morgan fingerprint density at radius 2 is 1.78 bits per heavy atom. The molecule has 46 heavy (non-hydrogen) atoms. The second kappa shape index (κ2) is 15.9. The summed E-state index contributed by atoms with van der Waals surface area (Å²) >= 11 is 0. The Morgan fingerprint density at radius 3 is 2.50 bits per heavy atom. The number of aromatic nitrogens is 3. The van der Waals surface area contributed by atoms with Crippen molar-refractivity contribution in [1.82, 2.24) is 24.3 Å². The van der Waals surface area contributed by atoms with Crippen LogP contribution in [0, 0.1) is 0 Å². The molecule has 2 aromatic carbocycles. The molecule has 0 radical (unpaired) electrons. The fraction of sp³-hybridized carbons (Fsp3) is 0.486. The molecule has 0 aliphatic rings. The number of methoxy groups -OCH3 is 1. The molecule has 1 amide bonds. The lowest BCUT2D eigenvalue weighted by Crippen LogP contribution is -2.40. The van der Waals surface area contributed by atoms with E-state index in [0.717, 1.165) is 47.3 Å². The number of carbonyl (C=O) groups excluding carboxylic acids is 2. The standard InChI is InChI=1S/C35H48N6O5/c1-7-20-45-24-29-38-31-32(27-16-10-11-17-28(27)37-33(31)36)41(29)19-13-18-40(30(42)23-39(8-2)9-3)22-25-14-12-15-26(21-25)46-35(4,5)34(43)44-6/h10-12,14-17,21H,7-9,13,18-20,22-24H2,1-6H3,(H2,36,37). The van der Waals surface area contributed by atoms with E-state index in [1.165, 1.54) is 7.11 Å². The molecule has 4 aromatic rings. The number of anilines is 1. The van der Waals surface area contributed by atoms with Gasteiger partial charge < -0.3 is 29.4 Å². The monoisotopic (exact) mass is 632 g/mol. The van der Waals surface area contributed by atoms with E-state index < -0.39 is 11.6 Å². The number of pyridine rings is 1. The first-order valence-corrected chi connectivity index (χ1v) is 16.1. The summed E-state index contributed by atoms with van der Waals surface area (Å²) in [6.45, 7) is 13.9. The number of carbonyl (C=O) groups is 2. The first-order valence-electron chi connectivity index (χ1n) is 16.1. The van der Waals surface area contributed by atoms with Crippen molar-refractivity contribution in [3.8, 4) is 5.75 Å². The highest BCUT2D eigenvalue weighted by atomic mass is 16.6. The predicted molar refractivity (Wildman–Crippen MR) is 180 cm³/mol. The van der Waals surface area contributed by atoms with Crippen molar-refractivity contribution in [3.63, 3.8) is 0 Å². The highest BCUT2D eigenvalue weighted by Crippen LogP contribution is 2.29. The number of hydrogen-bond acceptors (Lipinski definition) is 9. The third-order valence-electron chi connectivity index (χ3n) is 8.01. The summed E-state index contributed by atoms with van der Waals surface area (Å²) in [5.41, 5.74) is 8.54. The summed E-state index contributed by atoms with van der Waals surface area (Å²) in [4.78, 5) is 39.4. The lowest BCUT2D eigenvalue weighted by molar-refractivity contribution is -0.156. The molecule has 0 unspecified atom stereocenters. The molecular weight excluding hydrogens is 584 g/mol. The highest BCUT2D eigenvalue weighted by Gasteiger charge is 2.31. The summed E-state index contributed by atoms with van der Waals surface area (Å²) in [6, 6.07) is 15.4. The molecule has 2 N–H and O–H groups in total. The van der Waals surface area contributed by atoms with Gasteiger partial charge in [-0.15, -0.1) is 0 Å². The van der Waals surface area contributed by atoms with Crippen molar-refractivity contribution in [3.05, 3.63) is 59.9 Å². The Kier molecular flexibility index (Phi) is 11.9. The fourth-order valence-electron chi connectivity index (χ4n) is 5.52. The number of hydrogen-bond donors (Lipinski definition) is 1. The van der Waals surface area contributed by atoms with Crippen LogP contribution in [0.2, 0.25) is 0 Å². The van der Waals surface area contributed by atoms with Crippen LogP contribution < -0.4 is 10.5 Å². The molecule has 0 fully saturated rings. The van der Waals surface area contributed by atoms with Crippen LogP contribution in [0.5, 0.6) is 5.75 Å². The van der Waals surface area contributed by atoms with E-state index in [1.54, 1.807) is 19.9 Å². The maximum absolute atomic E-state index is 13.7. The zero-order chi connectivity index (χ0) is 33.3. The molecule has 4 rings (SSSR count). The van der Waals surface area contributed by atoms with Gasteiger partial charge in [0.25, 0.3) is 0 Å². The van der Waals surface area contributed by atoms with Gasteiger partial charge in [-0.2, -0.15) is 0 Å². The van der Waals surface area contributed by atoms with Crippen LogP contribution in [-0.4, -0.2) is 81.7 Å². The lowest BCUT2D eigenvalue weighted by atomic mass is 10.1. The Morgan fingerprint density at radius 1 is 1.02 bits per heavy atom. The van der Waals surface area contributed by atoms with Crippen LogP contribution in [-0.2, 0) is 38.8 Å². The average Bonchev–Trinajstić information content (AvgIpc) is 3.41. The maximum atomic E-state index is 13.7. The minimum Gasteiger partial charge on any atom is -0.476 e.